The fraction of sp³-hybridized carbons (Fsp3) is 0.182. The normalized spacial score (nSPS) is 12.6. The number of hydrogen-bond acceptors (Lipinski definition) is 4. The molecule has 5 heteroatoms. The summed E-state index contributed by atoms with van der Waals surface area (Å²) in [5.74, 6) is -0.549. The van der Waals surface area contributed by atoms with Crippen LogP contribution in [0.25, 0.3) is 12.2 Å². The first kappa shape index (κ1) is 11.9. The Morgan fingerprint density at radius 1 is 1.62 bits per heavy atom. The van der Waals surface area contributed by atoms with Crippen molar-refractivity contribution in [2.45, 2.75) is 6.92 Å². The summed E-state index contributed by atoms with van der Waals surface area (Å²) in [6, 6.07) is 0. The lowest BCUT2D eigenvalue weighted by Crippen LogP contribution is -2.36. The summed E-state index contributed by atoms with van der Waals surface area (Å²) in [7, 11) is 1.26. The van der Waals surface area contributed by atoms with Crippen LogP contribution in [0.4, 0.5) is 0 Å². The maximum absolute atomic E-state index is 11.1. The topological polar surface area (TPSA) is 72.0 Å². The molecule has 0 aromatic carbocycles. The molecule has 1 N–H and O–H groups in total. The summed E-state index contributed by atoms with van der Waals surface area (Å²) in [5.41, 5.74) is -0.191. The van der Waals surface area contributed by atoms with Crippen LogP contribution in [0.1, 0.15) is 6.92 Å². The molecule has 0 atom stereocenters. The van der Waals surface area contributed by atoms with Crippen molar-refractivity contribution < 1.29 is 9.53 Å². The predicted octanol–water partition coefficient (Wildman–Crippen LogP) is -0.920. The van der Waals surface area contributed by atoms with Crippen LogP contribution in [0.3, 0.4) is 0 Å². The maximum Gasteiger partial charge on any atom is 0.337 e. The predicted molar refractivity (Wildman–Crippen MR) is 59.9 cm³/mol. The van der Waals surface area contributed by atoms with Gasteiger partial charge in [0.15, 0.2) is 0 Å². The molecule has 0 radical (unpaired) electrons. The zero-order chi connectivity index (χ0) is 12.1. The van der Waals surface area contributed by atoms with Crippen molar-refractivity contribution >= 4 is 18.1 Å². The number of nitrogens with one attached hydrogen (secondary N) is 1. The Morgan fingerprint density at radius 3 is 2.88 bits per heavy atom. The summed E-state index contributed by atoms with van der Waals surface area (Å²) < 4.78 is 4.50. The Balaban J connectivity index is 3.38. The SMILES string of the molecule is C=C(/C=c1/[nH]c(=O)cn/c1=C/C)C(=O)OC. The zero-order valence-corrected chi connectivity index (χ0v) is 9.11. The van der Waals surface area contributed by atoms with Gasteiger partial charge < -0.3 is 9.72 Å². The molecule has 0 amide bonds. The third-order valence-corrected chi connectivity index (χ3v) is 1.89. The number of carbonyl (C=O) groups excluding carboxylic acids is 1. The van der Waals surface area contributed by atoms with Gasteiger partial charge in [-0.1, -0.05) is 12.7 Å². The molecule has 0 aliphatic carbocycles. The number of hydrogen-bond donors (Lipinski definition) is 1. The van der Waals surface area contributed by atoms with E-state index in [-0.39, 0.29) is 11.1 Å². The Hall–Kier alpha value is -2.17. The third-order valence-electron chi connectivity index (χ3n) is 1.89. The number of nitrogens with zero attached hydrogens (tertiary/aromatic N) is 1. The van der Waals surface area contributed by atoms with Crippen molar-refractivity contribution in [1.82, 2.24) is 9.97 Å². The minimum absolute atomic E-state index is 0.147. The molecular weight excluding hydrogens is 208 g/mol. The van der Waals surface area contributed by atoms with Gasteiger partial charge in [-0.15, -0.1) is 0 Å². The van der Waals surface area contributed by atoms with E-state index in [4.69, 9.17) is 0 Å². The van der Waals surface area contributed by atoms with Gasteiger partial charge in [0.2, 0.25) is 0 Å². The van der Waals surface area contributed by atoms with Crippen molar-refractivity contribution in [3.05, 3.63) is 39.4 Å². The van der Waals surface area contributed by atoms with Crippen LogP contribution >= 0.6 is 0 Å². The van der Waals surface area contributed by atoms with Crippen LogP contribution < -0.4 is 16.3 Å². The van der Waals surface area contributed by atoms with Crippen molar-refractivity contribution in [3.63, 3.8) is 0 Å². The molecule has 1 aromatic heterocycles. The summed E-state index contributed by atoms with van der Waals surface area (Å²) >= 11 is 0. The summed E-state index contributed by atoms with van der Waals surface area (Å²) in [6.45, 7) is 5.31. The summed E-state index contributed by atoms with van der Waals surface area (Å²) in [5, 5.41) is 1.01. The maximum atomic E-state index is 11.1. The molecule has 0 unspecified atom stereocenters. The number of carbonyl (C=O) groups is 1. The molecule has 0 saturated carbocycles. The second-order valence-corrected chi connectivity index (χ2v) is 3.00. The Kier molecular flexibility index (Phi) is 3.77. The molecule has 0 saturated heterocycles. The van der Waals surface area contributed by atoms with Gasteiger partial charge in [-0.3, -0.25) is 4.79 Å². The monoisotopic (exact) mass is 220 g/mol. The highest BCUT2D eigenvalue weighted by atomic mass is 16.5. The first-order valence-electron chi connectivity index (χ1n) is 4.59. The Bertz CT molecular complexity index is 584. The van der Waals surface area contributed by atoms with Gasteiger partial charge in [0.25, 0.3) is 5.56 Å². The van der Waals surface area contributed by atoms with Crippen LogP contribution in [0.5, 0.6) is 0 Å². The molecule has 1 aromatic rings. The number of methoxy groups -OCH3 is 1. The van der Waals surface area contributed by atoms with Crippen LogP contribution in [-0.4, -0.2) is 23.0 Å². The van der Waals surface area contributed by atoms with Crippen molar-refractivity contribution in [3.8, 4) is 0 Å². The number of H-pyrrole nitrogens is 1. The molecule has 16 heavy (non-hydrogen) atoms. The van der Waals surface area contributed by atoms with Crippen LogP contribution in [-0.2, 0) is 9.53 Å². The minimum Gasteiger partial charge on any atom is -0.465 e. The highest BCUT2D eigenvalue weighted by Crippen LogP contribution is 1.92. The number of aromatic amines is 1. The highest BCUT2D eigenvalue weighted by molar-refractivity contribution is 5.96. The van der Waals surface area contributed by atoms with E-state index in [9.17, 15) is 9.59 Å². The molecule has 5 nitrogen and oxygen atoms in total. The van der Waals surface area contributed by atoms with Gasteiger partial charge in [-0.2, -0.15) is 0 Å². The largest absolute Gasteiger partial charge is 0.465 e. The van der Waals surface area contributed by atoms with E-state index in [2.05, 4.69) is 21.3 Å². The zero-order valence-electron chi connectivity index (χ0n) is 9.11. The van der Waals surface area contributed by atoms with E-state index in [1.54, 1.807) is 13.0 Å². The second-order valence-electron chi connectivity index (χ2n) is 3.00. The van der Waals surface area contributed by atoms with Crippen molar-refractivity contribution in [2.75, 3.05) is 7.11 Å². The number of esters is 1. The molecule has 0 bridgehead atoms. The average molecular weight is 220 g/mol. The van der Waals surface area contributed by atoms with Crippen LogP contribution in [0.15, 0.2) is 23.1 Å². The molecule has 0 aliphatic rings. The Labute approximate surface area is 91.8 Å². The van der Waals surface area contributed by atoms with Gasteiger partial charge in [0, 0.05) is 0 Å². The fourth-order valence-corrected chi connectivity index (χ4v) is 1.13. The van der Waals surface area contributed by atoms with E-state index in [0.29, 0.717) is 10.7 Å². The summed E-state index contributed by atoms with van der Waals surface area (Å²) in [6.07, 6.45) is 4.31. The standard InChI is InChI=1S/C11H12N2O3/c1-4-8-9(13-10(14)6-12-8)5-7(2)11(15)16-3/h4-6H,2H2,1,3H3,(H,13,14)/b8-4+,9-5+. The van der Waals surface area contributed by atoms with E-state index in [0.717, 1.165) is 0 Å². The smallest absolute Gasteiger partial charge is 0.337 e. The Morgan fingerprint density at radius 2 is 2.31 bits per heavy atom. The van der Waals surface area contributed by atoms with Crippen molar-refractivity contribution in [2.24, 2.45) is 0 Å². The van der Waals surface area contributed by atoms with Gasteiger partial charge in [-0.05, 0) is 13.0 Å². The first-order chi connectivity index (χ1) is 7.58. The molecule has 0 aliphatic heterocycles. The minimum atomic E-state index is -0.549. The number of ether oxygens (including phenoxy) is 1. The first-order valence-corrected chi connectivity index (χ1v) is 4.59. The van der Waals surface area contributed by atoms with Gasteiger partial charge in [0.1, 0.15) is 0 Å². The van der Waals surface area contributed by atoms with Gasteiger partial charge in [0.05, 0.1) is 29.6 Å². The van der Waals surface area contributed by atoms with Crippen LogP contribution in [0, 0.1) is 0 Å². The molecule has 84 valence electrons. The van der Waals surface area contributed by atoms with E-state index in [1.807, 2.05) is 0 Å². The highest BCUT2D eigenvalue weighted by Gasteiger charge is 2.02. The summed E-state index contributed by atoms with van der Waals surface area (Å²) in [4.78, 5) is 28.7. The lowest BCUT2D eigenvalue weighted by atomic mass is 10.2. The molecule has 0 fully saturated rings. The molecule has 1 rings (SSSR count). The van der Waals surface area contributed by atoms with Crippen LogP contribution in [0.2, 0.25) is 0 Å². The van der Waals surface area contributed by atoms with Gasteiger partial charge >= 0.3 is 5.97 Å². The number of rotatable bonds is 2. The van der Waals surface area contributed by atoms with E-state index >= 15 is 0 Å². The lowest BCUT2D eigenvalue weighted by Gasteiger charge is -1.96. The van der Waals surface area contributed by atoms with Gasteiger partial charge in [-0.25, -0.2) is 9.78 Å². The lowest BCUT2D eigenvalue weighted by molar-refractivity contribution is -0.135. The molecular formula is C11H12N2O3. The second kappa shape index (κ2) is 5.06. The number of aromatic nitrogens is 2. The van der Waals surface area contributed by atoms with E-state index in [1.165, 1.54) is 19.4 Å². The fourth-order valence-electron chi connectivity index (χ4n) is 1.13. The van der Waals surface area contributed by atoms with E-state index < -0.39 is 5.97 Å². The average Bonchev–Trinajstić information content (AvgIpc) is 2.28. The third kappa shape index (κ3) is 2.66. The molecule has 1 heterocycles. The molecule has 0 spiro atoms. The quantitative estimate of drug-likeness (QED) is 0.517. The van der Waals surface area contributed by atoms with Crippen molar-refractivity contribution in [1.29, 1.82) is 0 Å².